The van der Waals surface area contributed by atoms with E-state index < -0.39 is 17.9 Å². The molecule has 0 saturated heterocycles. The van der Waals surface area contributed by atoms with Crippen molar-refractivity contribution in [1.82, 2.24) is 4.90 Å². The van der Waals surface area contributed by atoms with Gasteiger partial charge in [0.2, 0.25) is 0 Å². The quantitative estimate of drug-likeness (QED) is 0.882. The molecule has 1 aliphatic heterocycles. The van der Waals surface area contributed by atoms with Gasteiger partial charge in [0.05, 0.1) is 11.1 Å². The smallest absolute Gasteiger partial charge is 0.361 e. The summed E-state index contributed by atoms with van der Waals surface area (Å²) in [6.07, 6.45) is -3.63. The molecule has 1 saturated carbocycles. The minimum Gasteiger partial charge on any atom is -0.361 e. The lowest BCUT2D eigenvalue weighted by molar-refractivity contribution is -0.138. The number of nitrogens with zero attached hydrogens (tertiary/aromatic N) is 1. The average Bonchev–Trinajstić information content (AvgIpc) is 3.39. The van der Waals surface area contributed by atoms with Crippen molar-refractivity contribution >= 4 is 11.6 Å². The zero-order chi connectivity index (χ0) is 16.9. The fourth-order valence-corrected chi connectivity index (χ4v) is 3.22. The molecule has 0 bridgehead atoms. The topological polar surface area (TPSA) is 32.3 Å². The third-order valence-corrected chi connectivity index (χ3v) is 4.46. The highest BCUT2D eigenvalue weighted by Crippen LogP contribution is 2.43. The summed E-state index contributed by atoms with van der Waals surface area (Å²) in [5.41, 5.74) is 0.451. The van der Waals surface area contributed by atoms with E-state index in [1.54, 1.807) is 35.2 Å². The summed E-state index contributed by atoms with van der Waals surface area (Å²) in [5.74, 6) is -0.214. The van der Waals surface area contributed by atoms with Gasteiger partial charge in [-0.2, -0.15) is 13.2 Å². The van der Waals surface area contributed by atoms with E-state index in [4.69, 9.17) is 0 Å². The van der Waals surface area contributed by atoms with Crippen LogP contribution in [0.5, 0.6) is 0 Å². The largest absolute Gasteiger partial charge is 0.416 e. The lowest BCUT2D eigenvalue weighted by Crippen LogP contribution is -2.44. The summed E-state index contributed by atoms with van der Waals surface area (Å²) in [6, 6.07) is 12.4. The van der Waals surface area contributed by atoms with Gasteiger partial charge in [-0.1, -0.05) is 30.3 Å². The van der Waals surface area contributed by atoms with Crippen LogP contribution in [-0.2, 0) is 6.18 Å². The van der Waals surface area contributed by atoms with E-state index in [-0.39, 0.29) is 17.5 Å². The van der Waals surface area contributed by atoms with Crippen molar-refractivity contribution in [2.24, 2.45) is 0 Å². The van der Waals surface area contributed by atoms with Gasteiger partial charge >= 0.3 is 6.18 Å². The summed E-state index contributed by atoms with van der Waals surface area (Å²) in [5, 5.41) is 3.13. The molecular formula is C18H15F3N2O. The summed E-state index contributed by atoms with van der Waals surface area (Å²) in [6.45, 7) is 0. The third kappa shape index (κ3) is 2.42. The second kappa shape index (κ2) is 5.26. The molecule has 1 fully saturated rings. The molecule has 1 atom stereocenters. The first-order chi connectivity index (χ1) is 11.5. The molecule has 2 aromatic carbocycles. The molecular weight excluding hydrogens is 317 g/mol. The fourth-order valence-electron chi connectivity index (χ4n) is 3.22. The molecule has 1 amide bonds. The van der Waals surface area contributed by atoms with Crippen molar-refractivity contribution in [3.63, 3.8) is 0 Å². The molecule has 0 aromatic heterocycles. The molecule has 1 heterocycles. The second-order valence-electron chi connectivity index (χ2n) is 6.12. The SMILES string of the molecule is O=C1c2ccccc2N[C@@H](c2ccccc2C(F)(F)F)N1C1CC1. The Labute approximate surface area is 137 Å². The molecule has 3 nitrogen and oxygen atoms in total. The number of hydrogen-bond donors (Lipinski definition) is 1. The Morgan fingerprint density at radius 3 is 2.38 bits per heavy atom. The van der Waals surface area contributed by atoms with Crippen molar-refractivity contribution in [1.29, 1.82) is 0 Å². The maximum Gasteiger partial charge on any atom is 0.416 e. The van der Waals surface area contributed by atoms with Gasteiger partial charge in [0, 0.05) is 17.3 Å². The van der Waals surface area contributed by atoms with Crippen molar-refractivity contribution in [3.8, 4) is 0 Å². The number of carbonyl (C=O) groups is 1. The van der Waals surface area contributed by atoms with Gasteiger partial charge in [-0.3, -0.25) is 4.79 Å². The maximum absolute atomic E-state index is 13.4. The van der Waals surface area contributed by atoms with Crippen molar-refractivity contribution < 1.29 is 18.0 Å². The number of anilines is 1. The average molecular weight is 332 g/mol. The molecule has 1 aliphatic carbocycles. The fraction of sp³-hybridized carbons (Fsp3) is 0.278. The van der Waals surface area contributed by atoms with E-state index in [0.29, 0.717) is 11.3 Å². The Bertz CT molecular complexity index is 799. The first kappa shape index (κ1) is 15.1. The Morgan fingerprint density at radius 2 is 1.67 bits per heavy atom. The molecule has 2 aliphatic rings. The Kier molecular flexibility index (Phi) is 3.30. The van der Waals surface area contributed by atoms with Crippen LogP contribution in [0.3, 0.4) is 0 Å². The van der Waals surface area contributed by atoms with E-state index in [1.807, 2.05) is 0 Å². The van der Waals surface area contributed by atoms with Gasteiger partial charge in [0.1, 0.15) is 6.17 Å². The van der Waals surface area contributed by atoms with Gasteiger partial charge in [-0.15, -0.1) is 0 Å². The first-order valence-electron chi connectivity index (χ1n) is 7.81. The van der Waals surface area contributed by atoms with Crippen molar-refractivity contribution in [2.75, 3.05) is 5.32 Å². The number of nitrogens with one attached hydrogen (secondary N) is 1. The molecule has 2 aromatic rings. The number of carbonyl (C=O) groups excluding carboxylic acids is 1. The maximum atomic E-state index is 13.4. The van der Waals surface area contributed by atoms with Crippen LogP contribution < -0.4 is 5.32 Å². The van der Waals surface area contributed by atoms with Gasteiger partial charge in [-0.05, 0) is 31.0 Å². The highest BCUT2D eigenvalue weighted by atomic mass is 19.4. The number of amides is 1. The van der Waals surface area contributed by atoms with E-state index >= 15 is 0 Å². The molecule has 124 valence electrons. The van der Waals surface area contributed by atoms with Gasteiger partial charge in [0.25, 0.3) is 5.91 Å². The predicted molar refractivity (Wildman–Crippen MR) is 83.4 cm³/mol. The summed E-state index contributed by atoms with van der Waals surface area (Å²) in [4.78, 5) is 14.4. The molecule has 1 N–H and O–H groups in total. The van der Waals surface area contributed by atoms with Crippen LogP contribution >= 0.6 is 0 Å². The standard InChI is InChI=1S/C18H15F3N2O/c19-18(20,21)14-7-3-1-5-12(14)16-22-15-8-4-2-6-13(15)17(24)23(16)11-9-10-11/h1-8,11,16,22H,9-10H2/t16-/m1/s1. The number of rotatable bonds is 2. The second-order valence-corrected chi connectivity index (χ2v) is 6.12. The van der Waals surface area contributed by atoms with E-state index in [1.165, 1.54) is 12.1 Å². The monoisotopic (exact) mass is 332 g/mol. The highest BCUT2D eigenvalue weighted by molar-refractivity contribution is 6.02. The van der Waals surface area contributed by atoms with Crippen LogP contribution in [0.15, 0.2) is 48.5 Å². The van der Waals surface area contributed by atoms with Crippen LogP contribution in [0.25, 0.3) is 0 Å². The van der Waals surface area contributed by atoms with Crippen molar-refractivity contribution in [2.45, 2.75) is 31.2 Å². The Balaban J connectivity index is 1.84. The zero-order valence-corrected chi connectivity index (χ0v) is 12.7. The molecule has 0 spiro atoms. The van der Waals surface area contributed by atoms with Gasteiger partial charge in [0.15, 0.2) is 0 Å². The normalized spacial score (nSPS) is 20.5. The minimum atomic E-state index is -4.46. The van der Waals surface area contributed by atoms with E-state index in [0.717, 1.165) is 18.9 Å². The number of fused-ring (bicyclic) bond motifs is 1. The zero-order valence-electron chi connectivity index (χ0n) is 12.7. The van der Waals surface area contributed by atoms with Crippen LogP contribution in [0.2, 0.25) is 0 Å². The lowest BCUT2D eigenvalue weighted by Gasteiger charge is -2.39. The number of benzene rings is 2. The summed E-state index contributed by atoms with van der Waals surface area (Å²) in [7, 11) is 0. The van der Waals surface area contributed by atoms with Gasteiger partial charge in [-0.25, -0.2) is 0 Å². The Morgan fingerprint density at radius 1 is 1.00 bits per heavy atom. The summed E-state index contributed by atoms with van der Waals surface area (Å²) >= 11 is 0. The summed E-state index contributed by atoms with van der Waals surface area (Å²) < 4.78 is 40.2. The van der Waals surface area contributed by atoms with Crippen molar-refractivity contribution in [3.05, 3.63) is 65.2 Å². The molecule has 0 unspecified atom stereocenters. The Hall–Kier alpha value is -2.50. The van der Waals surface area contributed by atoms with Gasteiger partial charge < -0.3 is 10.2 Å². The predicted octanol–water partition coefficient (Wildman–Crippen LogP) is 4.43. The number of alkyl halides is 3. The molecule has 6 heteroatoms. The van der Waals surface area contributed by atoms with Crippen LogP contribution in [-0.4, -0.2) is 16.8 Å². The number of hydrogen-bond acceptors (Lipinski definition) is 2. The third-order valence-electron chi connectivity index (χ3n) is 4.46. The minimum absolute atomic E-state index is 0.00959. The number of para-hydroxylation sites is 1. The van der Waals surface area contributed by atoms with Crippen LogP contribution in [0.1, 0.15) is 40.5 Å². The number of halogens is 3. The van der Waals surface area contributed by atoms with E-state index in [9.17, 15) is 18.0 Å². The molecule has 24 heavy (non-hydrogen) atoms. The molecule has 4 rings (SSSR count). The van der Waals surface area contributed by atoms with Crippen LogP contribution in [0.4, 0.5) is 18.9 Å². The highest BCUT2D eigenvalue weighted by Gasteiger charge is 2.45. The first-order valence-corrected chi connectivity index (χ1v) is 7.81. The molecule has 0 radical (unpaired) electrons. The lowest BCUT2D eigenvalue weighted by atomic mass is 9.99. The van der Waals surface area contributed by atoms with E-state index in [2.05, 4.69) is 5.32 Å². The van der Waals surface area contributed by atoms with Crippen LogP contribution in [0, 0.1) is 0 Å².